The lowest BCUT2D eigenvalue weighted by Crippen LogP contribution is -2.43. The first-order valence-corrected chi connectivity index (χ1v) is 10.1. The molecule has 0 unspecified atom stereocenters. The highest BCUT2D eigenvalue weighted by Gasteiger charge is 2.47. The third-order valence-electron chi connectivity index (χ3n) is 4.05. The molecular weight excluding hydrogens is 330 g/mol. The second-order valence-corrected chi connectivity index (χ2v) is 9.15. The molecule has 5 heteroatoms. The molecule has 114 valence electrons. The second kappa shape index (κ2) is 5.80. The molecule has 0 atom stereocenters. The van der Waals surface area contributed by atoms with E-state index < -0.39 is 5.60 Å². The van der Waals surface area contributed by atoms with E-state index >= 15 is 0 Å². The number of aliphatic hydroxyl groups is 1. The maximum absolute atomic E-state index is 11.8. The zero-order valence-electron chi connectivity index (χ0n) is 12.2. The lowest BCUT2D eigenvalue weighted by atomic mass is 9.87. The average molecular weight is 348 g/mol. The van der Waals surface area contributed by atoms with Crippen molar-refractivity contribution in [2.24, 2.45) is 0 Å². The normalized spacial score (nSPS) is 21.2. The van der Waals surface area contributed by atoms with Crippen LogP contribution in [0.3, 0.4) is 0 Å². The summed E-state index contributed by atoms with van der Waals surface area (Å²) in [6.45, 7) is 0. The molecule has 2 nitrogen and oxygen atoms in total. The van der Waals surface area contributed by atoms with E-state index in [0.29, 0.717) is 0 Å². The van der Waals surface area contributed by atoms with Crippen molar-refractivity contribution in [1.82, 2.24) is 4.90 Å². The number of hydrogen-bond acceptors (Lipinski definition) is 5. The highest BCUT2D eigenvalue weighted by atomic mass is 32.2. The minimum absolute atomic E-state index is 0.117. The molecule has 1 N–H and O–H groups in total. The first kappa shape index (κ1) is 15.0. The molecule has 2 aliphatic rings. The molecule has 0 aromatic heterocycles. The summed E-state index contributed by atoms with van der Waals surface area (Å²) in [6.07, 6.45) is 0. The van der Waals surface area contributed by atoms with Gasteiger partial charge in [-0.05, 0) is 19.2 Å². The fourth-order valence-corrected chi connectivity index (χ4v) is 6.99. The Kier molecular flexibility index (Phi) is 3.95. The monoisotopic (exact) mass is 347 g/mol. The number of rotatable bonds is 1. The van der Waals surface area contributed by atoms with Crippen molar-refractivity contribution in [2.75, 3.05) is 18.8 Å². The molecule has 0 spiro atoms. The third-order valence-corrected chi connectivity index (χ3v) is 8.48. The molecule has 4 rings (SSSR count). The van der Waals surface area contributed by atoms with E-state index in [-0.39, 0.29) is 4.58 Å². The number of nitrogens with zero attached hydrogens (tertiary/aromatic N) is 1. The van der Waals surface area contributed by atoms with Gasteiger partial charge in [0.05, 0.1) is 4.58 Å². The van der Waals surface area contributed by atoms with Gasteiger partial charge in [0.15, 0.2) is 0 Å². The molecule has 0 amide bonds. The zero-order chi connectivity index (χ0) is 15.2. The Balaban J connectivity index is 1.87. The summed E-state index contributed by atoms with van der Waals surface area (Å²) in [5.74, 6) is 1.91. The topological polar surface area (TPSA) is 23.5 Å². The summed E-state index contributed by atoms with van der Waals surface area (Å²) in [6, 6.07) is 16.6. The molecule has 22 heavy (non-hydrogen) atoms. The molecular formula is C17H17NOS3. The number of benzene rings is 2. The van der Waals surface area contributed by atoms with Gasteiger partial charge < -0.3 is 5.11 Å². The van der Waals surface area contributed by atoms with Crippen molar-refractivity contribution >= 4 is 35.3 Å². The van der Waals surface area contributed by atoms with E-state index in [9.17, 15) is 5.11 Å². The summed E-state index contributed by atoms with van der Waals surface area (Å²) < 4.78 is 0.117. The Morgan fingerprint density at radius 3 is 2.00 bits per heavy atom. The Labute approximate surface area is 143 Å². The molecule has 2 aromatic carbocycles. The van der Waals surface area contributed by atoms with Crippen LogP contribution in [0.25, 0.3) is 0 Å². The lowest BCUT2D eigenvalue weighted by Gasteiger charge is -2.43. The van der Waals surface area contributed by atoms with Gasteiger partial charge in [-0.25, -0.2) is 0 Å². The largest absolute Gasteiger partial charge is 0.378 e. The molecule has 0 saturated carbocycles. The van der Waals surface area contributed by atoms with Crippen molar-refractivity contribution < 1.29 is 5.11 Å². The van der Waals surface area contributed by atoms with Crippen LogP contribution in [-0.2, 0) is 5.60 Å². The summed E-state index contributed by atoms with van der Waals surface area (Å²) in [5.41, 5.74) is 1.18. The minimum atomic E-state index is -0.922. The van der Waals surface area contributed by atoms with Gasteiger partial charge in [0.25, 0.3) is 0 Å². The molecule has 2 heterocycles. The Bertz CT molecular complexity index is 652. The van der Waals surface area contributed by atoms with Gasteiger partial charge in [0.2, 0.25) is 0 Å². The Morgan fingerprint density at radius 1 is 0.955 bits per heavy atom. The standard InChI is InChI=1S/C17H17NOS3/c1-18-10-20-16(21-11-18)17(19)12-6-2-4-8-14(12)22-15-9-5-3-7-13(15)17/h2-9,16,19H,10-11H2,1H3. The number of fused-ring (bicyclic) bond motifs is 2. The molecule has 0 aliphatic carbocycles. The van der Waals surface area contributed by atoms with Crippen LogP contribution in [-0.4, -0.2) is 33.4 Å². The summed E-state index contributed by atoms with van der Waals surface area (Å²) in [4.78, 5) is 4.62. The van der Waals surface area contributed by atoms with Crippen LogP contribution >= 0.6 is 35.3 Å². The van der Waals surface area contributed by atoms with Crippen LogP contribution in [0.4, 0.5) is 0 Å². The average Bonchev–Trinajstić information content (AvgIpc) is 2.56. The molecule has 2 aromatic rings. The fourth-order valence-electron chi connectivity index (χ4n) is 2.97. The molecule has 2 aliphatic heterocycles. The third kappa shape index (κ3) is 2.31. The number of thioether (sulfide) groups is 2. The Morgan fingerprint density at radius 2 is 1.45 bits per heavy atom. The van der Waals surface area contributed by atoms with Gasteiger partial charge in [-0.2, -0.15) is 0 Å². The van der Waals surface area contributed by atoms with E-state index in [2.05, 4.69) is 48.3 Å². The van der Waals surface area contributed by atoms with Gasteiger partial charge >= 0.3 is 0 Å². The Hall–Kier alpha value is -0.590. The molecule has 0 bridgehead atoms. The first-order valence-electron chi connectivity index (χ1n) is 7.20. The van der Waals surface area contributed by atoms with Crippen molar-refractivity contribution in [1.29, 1.82) is 0 Å². The van der Waals surface area contributed by atoms with E-state index in [1.807, 2.05) is 35.7 Å². The van der Waals surface area contributed by atoms with Gasteiger partial charge in [-0.15, -0.1) is 23.5 Å². The first-order chi connectivity index (χ1) is 10.7. The van der Waals surface area contributed by atoms with Gasteiger partial charge in [-0.3, -0.25) is 4.90 Å². The van der Waals surface area contributed by atoms with Crippen molar-refractivity contribution in [3.05, 3.63) is 59.7 Å². The van der Waals surface area contributed by atoms with Gasteiger partial charge in [-0.1, -0.05) is 48.2 Å². The predicted molar refractivity (Wildman–Crippen MR) is 96.5 cm³/mol. The second-order valence-electron chi connectivity index (χ2n) is 5.64. The maximum Gasteiger partial charge on any atom is 0.138 e. The van der Waals surface area contributed by atoms with Crippen LogP contribution in [0.15, 0.2) is 58.3 Å². The fraction of sp³-hybridized carbons (Fsp3) is 0.294. The van der Waals surface area contributed by atoms with Crippen molar-refractivity contribution in [3.63, 3.8) is 0 Å². The SMILES string of the molecule is CN1CSC(C2(O)c3ccccc3Sc3ccccc32)SC1. The van der Waals surface area contributed by atoms with E-state index in [4.69, 9.17) is 0 Å². The van der Waals surface area contributed by atoms with E-state index in [1.54, 1.807) is 11.8 Å². The summed E-state index contributed by atoms with van der Waals surface area (Å²) in [5, 5.41) is 11.8. The quantitative estimate of drug-likeness (QED) is 0.839. The van der Waals surface area contributed by atoms with Crippen molar-refractivity contribution in [3.8, 4) is 0 Å². The molecule has 1 saturated heterocycles. The number of hydrogen-bond donors (Lipinski definition) is 1. The smallest absolute Gasteiger partial charge is 0.138 e. The molecule has 0 radical (unpaired) electrons. The van der Waals surface area contributed by atoms with Crippen molar-refractivity contribution in [2.45, 2.75) is 20.0 Å². The van der Waals surface area contributed by atoms with Gasteiger partial charge in [0, 0.05) is 32.7 Å². The summed E-state index contributed by atoms with van der Waals surface area (Å²) in [7, 11) is 2.12. The van der Waals surface area contributed by atoms with Crippen LogP contribution < -0.4 is 0 Å². The van der Waals surface area contributed by atoms with Crippen LogP contribution in [0, 0.1) is 0 Å². The highest BCUT2D eigenvalue weighted by molar-refractivity contribution is 8.17. The maximum atomic E-state index is 11.8. The lowest BCUT2D eigenvalue weighted by molar-refractivity contribution is 0.0914. The van der Waals surface area contributed by atoms with E-state index in [1.165, 1.54) is 9.79 Å². The van der Waals surface area contributed by atoms with Crippen LogP contribution in [0.2, 0.25) is 0 Å². The predicted octanol–water partition coefficient (Wildman–Crippen LogP) is 4.04. The minimum Gasteiger partial charge on any atom is -0.378 e. The van der Waals surface area contributed by atoms with Crippen LogP contribution in [0.5, 0.6) is 0 Å². The highest BCUT2D eigenvalue weighted by Crippen LogP contribution is 2.54. The zero-order valence-corrected chi connectivity index (χ0v) is 14.7. The molecule has 1 fully saturated rings. The van der Waals surface area contributed by atoms with Crippen LogP contribution in [0.1, 0.15) is 11.1 Å². The summed E-state index contributed by atoms with van der Waals surface area (Å²) >= 11 is 5.43. The van der Waals surface area contributed by atoms with E-state index in [0.717, 1.165) is 22.9 Å². The van der Waals surface area contributed by atoms with Gasteiger partial charge in [0.1, 0.15) is 5.60 Å².